The van der Waals surface area contributed by atoms with E-state index in [4.69, 9.17) is 11.6 Å². The standard InChI is InChI=1S/C16H16ClFO/c1-2-11-3-5-12(6-4-11)9-16(19)14-8-7-13(18)10-15(14)17/h3-8,10,16,19H,2,9H2,1H3. The molecular formula is C16H16ClFO. The third kappa shape index (κ3) is 3.55. The second-order valence-corrected chi connectivity index (χ2v) is 4.96. The van der Waals surface area contributed by atoms with Crippen LogP contribution in [-0.2, 0) is 12.8 Å². The Hall–Kier alpha value is -1.38. The van der Waals surface area contributed by atoms with Gasteiger partial charge in [0.1, 0.15) is 5.82 Å². The first-order chi connectivity index (χ1) is 9.10. The van der Waals surface area contributed by atoms with E-state index >= 15 is 0 Å². The van der Waals surface area contributed by atoms with Crippen molar-refractivity contribution in [3.63, 3.8) is 0 Å². The maximum absolute atomic E-state index is 13.0. The molecule has 19 heavy (non-hydrogen) atoms. The highest BCUT2D eigenvalue weighted by molar-refractivity contribution is 6.31. The molecule has 0 aliphatic rings. The highest BCUT2D eigenvalue weighted by atomic mass is 35.5. The Morgan fingerprint density at radius 1 is 1.11 bits per heavy atom. The monoisotopic (exact) mass is 278 g/mol. The Morgan fingerprint density at radius 3 is 2.32 bits per heavy atom. The van der Waals surface area contributed by atoms with Crippen molar-refractivity contribution in [2.45, 2.75) is 25.9 Å². The first-order valence-electron chi connectivity index (χ1n) is 6.31. The SMILES string of the molecule is CCc1ccc(CC(O)c2ccc(F)cc2Cl)cc1. The molecule has 0 aromatic heterocycles. The van der Waals surface area contributed by atoms with Crippen molar-refractivity contribution < 1.29 is 9.50 Å². The average Bonchev–Trinajstić information content (AvgIpc) is 2.39. The Morgan fingerprint density at radius 2 is 1.74 bits per heavy atom. The van der Waals surface area contributed by atoms with Crippen molar-refractivity contribution >= 4 is 11.6 Å². The highest BCUT2D eigenvalue weighted by Crippen LogP contribution is 2.26. The summed E-state index contributed by atoms with van der Waals surface area (Å²) in [6, 6.07) is 12.2. The van der Waals surface area contributed by atoms with Crippen LogP contribution in [-0.4, -0.2) is 5.11 Å². The van der Waals surface area contributed by atoms with Crippen molar-refractivity contribution in [2.24, 2.45) is 0 Å². The van der Waals surface area contributed by atoms with Gasteiger partial charge in [0.2, 0.25) is 0 Å². The average molecular weight is 279 g/mol. The van der Waals surface area contributed by atoms with Gasteiger partial charge in [0.15, 0.2) is 0 Å². The fourth-order valence-corrected chi connectivity index (χ4v) is 2.31. The van der Waals surface area contributed by atoms with E-state index in [9.17, 15) is 9.50 Å². The van der Waals surface area contributed by atoms with E-state index in [1.54, 1.807) is 0 Å². The molecule has 2 rings (SSSR count). The van der Waals surface area contributed by atoms with Gasteiger partial charge in [-0.05, 0) is 35.2 Å². The minimum atomic E-state index is -0.722. The molecule has 0 aliphatic carbocycles. The molecule has 1 N–H and O–H groups in total. The molecule has 0 saturated heterocycles. The molecule has 2 aromatic rings. The van der Waals surface area contributed by atoms with Gasteiger partial charge >= 0.3 is 0 Å². The van der Waals surface area contributed by atoms with Crippen molar-refractivity contribution in [3.8, 4) is 0 Å². The Kier molecular flexibility index (Phi) is 4.56. The van der Waals surface area contributed by atoms with Gasteiger partial charge in [0, 0.05) is 11.4 Å². The molecule has 0 heterocycles. The minimum Gasteiger partial charge on any atom is -0.388 e. The van der Waals surface area contributed by atoms with Gasteiger partial charge in [0.05, 0.1) is 6.10 Å². The van der Waals surface area contributed by atoms with Crippen LogP contribution in [0.15, 0.2) is 42.5 Å². The number of aryl methyl sites for hydroxylation is 1. The van der Waals surface area contributed by atoms with Crippen LogP contribution in [0.25, 0.3) is 0 Å². The topological polar surface area (TPSA) is 20.2 Å². The van der Waals surface area contributed by atoms with Gasteiger partial charge in [-0.2, -0.15) is 0 Å². The van der Waals surface area contributed by atoms with Crippen LogP contribution >= 0.6 is 11.6 Å². The van der Waals surface area contributed by atoms with Crippen LogP contribution in [0.2, 0.25) is 5.02 Å². The van der Waals surface area contributed by atoms with E-state index in [2.05, 4.69) is 6.92 Å². The number of halogens is 2. The molecule has 0 radical (unpaired) electrons. The number of hydrogen-bond acceptors (Lipinski definition) is 1. The highest BCUT2D eigenvalue weighted by Gasteiger charge is 2.13. The summed E-state index contributed by atoms with van der Waals surface area (Å²) in [5.41, 5.74) is 2.85. The zero-order chi connectivity index (χ0) is 13.8. The van der Waals surface area contributed by atoms with Crippen LogP contribution in [0.3, 0.4) is 0 Å². The summed E-state index contributed by atoms with van der Waals surface area (Å²) in [5.74, 6) is -0.395. The van der Waals surface area contributed by atoms with Crippen molar-refractivity contribution in [1.29, 1.82) is 0 Å². The van der Waals surface area contributed by atoms with Gasteiger partial charge in [-0.15, -0.1) is 0 Å². The second kappa shape index (κ2) is 6.18. The number of rotatable bonds is 4. The predicted octanol–water partition coefficient (Wildman–Crippen LogP) is 4.32. The predicted molar refractivity (Wildman–Crippen MR) is 75.9 cm³/mol. The van der Waals surface area contributed by atoms with Gasteiger partial charge < -0.3 is 5.11 Å². The molecule has 0 aliphatic heterocycles. The fourth-order valence-electron chi connectivity index (χ4n) is 2.02. The first-order valence-corrected chi connectivity index (χ1v) is 6.68. The Balaban J connectivity index is 2.13. The van der Waals surface area contributed by atoms with E-state index in [0.29, 0.717) is 12.0 Å². The molecule has 0 spiro atoms. The number of benzene rings is 2. The largest absolute Gasteiger partial charge is 0.388 e. The van der Waals surface area contributed by atoms with Gasteiger partial charge in [-0.1, -0.05) is 48.9 Å². The Bertz CT molecular complexity index is 551. The third-order valence-corrected chi connectivity index (χ3v) is 3.51. The number of hydrogen-bond donors (Lipinski definition) is 1. The van der Waals surface area contributed by atoms with Crippen molar-refractivity contribution in [2.75, 3.05) is 0 Å². The van der Waals surface area contributed by atoms with Crippen LogP contribution in [0, 0.1) is 5.82 Å². The summed E-state index contributed by atoms with van der Waals surface area (Å²) in [4.78, 5) is 0. The fraction of sp³-hybridized carbons (Fsp3) is 0.250. The van der Waals surface area contributed by atoms with Crippen molar-refractivity contribution in [3.05, 3.63) is 70.0 Å². The molecule has 0 saturated carbocycles. The zero-order valence-corrected chi connectivity index (χ0v) is 11.5. The van der Waals surface area contributed by atoms with E-state index in [1.165, 1.54) is 23.8 Å². The maximum atomic E-state index is 13.0. The molecule has 1 unspecified atom stereocenters. The normalized spacial score (nSPS) is 12.4. The maximum Gasteiger partial charge on any atom is 0.124 e. The summed E-state index contributed by atoms with van der Waals surface area (Å²) >= 11 is 5.94. The van der Waals surface area contributed by atoms with E-state index < -0.39 is 11.9 Å². The number of aliphatic hydroxyl groups excluding tert-OH is 1. The summed E-state index contributed by atoms with van der Waals surface area (Å²) in [5, 5.41) is 10.4. The molecule has 0 amide bonds. The summed E-state index contributed by atoms with van der Waals surface area (Å²) in [6.07, 6.45) is 0.739. The molecule has 3 heteroatoms. The number of aliphatic hydroxyl groups is 1. The summed E-state index contributed by atoms with van der Waals surface area (Å²) in [6.45, 7) is 2.10. The van der Waals surface area contributed by atoms with Gasteiger partial charge in [0.25, 0.3) is 0 Å². The van der Waals surface area contributed by atoms with Gasteiger partial charge in [-0.25, -0.2) is 4.39 Å². The van der Waals surface area contributed by atoms with Crippen LogP contribution in [0.4, 0.5) is 4.39 Å². The lowest BCUT2D eigenvalue weighted by molar-refractivity contribution is 0.178. The summed E-state index contributed by atoms with van der Waals surface area (Å²) in [7, 11) is 0. The van der Waals surface area contributed by atoms with E-state index in [0.717, 1.165) is 12.0 Å². The molecule has 0 bridgehead atoms. The lowest BCUT2D eigenvalue weighted by Crippen LogP contribution is -2.03. The second-order valence-electron chi connectivity index (χ2n) is 4.56. The quantitative estimate of drug-likeness (QED) is 0.883. The smallest absolute Gasteiger partial charge is 0.124 e. The summed E-state index contributed by atoms with van der Waals surface area (Å²) < 4.78 is 13.0. The zero-order valence-electron chi connectivity index (χ0n) is 10.7. The van der Waals surface area contributed by atoms with E-state index in [-0.39, 0.29) is 5.02 Å². The van der Waals surface area contributed by atoms with Crippen LogP contribution in [0.5, 0.6) is 0 Å². The minimum absolute atomic E-state index is 0.262. The molecule has 2 aromatic carbocycles. The van der Waals surface area contributed by atoms with Crippen LogP contribution < -0.4 is 0 Å². The van der Waals surface area contributed by atoms with Crippen molar-refractivity contribution in [1.82, 2.24) is 0 Å². The third-order valence-electron chi connectivity index (χ3n) is 3.18. The first kappa shape index (κ1) is 14.0. The molecule has 0 fully saturated rings. The van der Waals surface area contributed by atoms with Gasteiger partial charge in [-0.3, -0.25) is 0 Å². The molecule has 1 atom stereocenters. The molecule has 100 valence electrons. The van der Waals surface area contributed by atoms with Crippen LogP contribution in [0.1, 0.15) is 29.7 Å². The Labute approximate surface area is 117 Å². The lowest BCUT2D eigenvalue weighted by Gasteiger charge is -2.13. The molecular weight excluding hydrogens is 263 g/mol. The lowest BCUT2D eigenvalue weighted by atomic mass is 10.00. The van der Waals surface area contributed by atoms with E-state index in [1.807, 2.05) is 24.3 Å². The molecule has 1 nitrogen and oxygen atoms in total.